The standard InChI is InChI=1S/C15H20N2.BrH/c1-3-14-6-8-15(9-7-14)5-4-13(2)17-11-10-16-12-17;/h6-13H,3-5H2,1-2H3;1H. The van der Waals surface area contributed by atoms with Crippen LogP contribution in [0.1, 0.15) is 37.4 Å². The van der Waals surface area contributed by atoms with Crippen molar-refractivity contribution in [2.45, 2.75) is 39.2 Å². The van der Waals surface area contributed by atoms with Crippen LogP contribution in [0.15, 0.2) is 43.0 Å². The number of rotatable bonds is 5. The number of halogens is 1. The van der Waals surface area contributed by atoms with Gasteiger partial charge in [0, 0.05) is 0 Å². The van der Waals surface area contributed by atoms with E-state index in [1.54, 1.807) is 0 Å². The second kappa shape index (κ2) is 7.37. The number of hydrogen-bond acceptors (Lipinski definition) is 0. The molecule has 0 spiro atoms. The maximum atomic E-state index is 3.09. The van der Waals surface area contributed by atoms with Crippen LogP contribution in [-0.4, -0.2) is 4.98 Å². The van der Waals surface area contributed by atoms with Crippen LogP contribution in [0.4, 0.5) is 0 Å². The number of benzene rings is 1. The van der Waals surface area contributed by atoms with E-state index in [9.17, 15) is 0 Å². The van der Waals surface area contributed by atoms with E-state index in [1.807, 2.05) is 12.5 Å². The van der Waals surface area contributed by atoms with Crippen molar-refractivity contribution >= 4 is 0 Å². The zero-order valence-corrected chi connectivity index (χ0v) is 12.7. The summed E-state index contributed by atoms with van der Waals surface area (Å²) in [7, 11) is 0. The number of nitrogens with zero attached hydrogens (tertiary/aromatic N) is 1. The van der Waals surface area contributed by atoms with Gasteiger partial charge in [-0.15, -0.1) is 0 Å². The van der Waals surface area contributed by atoms with E-state index in [4.69, 9.17) is 0 Å². The van der Waals surface area contributed by atoms with Crippen LogP contribution < -0.4 is 21.5 Å². The van der Waals surface area contributed by atoms with Crippen molar-refractivity contribution in [3.8, 4) is 0 Å². The van der Waals surface area contributed by atoms with Crippen molar-refractivity contribution in [3.05, 3.63) is 54.1 Å². The summed E-state index contributed by atoms with van der Waals surface area (Å²) in [5.74, 6) is 0. The van der Waals surface area contributed by atoms with E-state index in [-0.39, 0.29) is 17.0 Å². The number of aromatic amines is 1. The van der Waals surface area contributed by atoms with Crippen LogP contribution in [0.3, 0.4) is 0 Å². The van der Waals surface area contributed by atoms with Gasteiger partial charge in [0.25, 0.3) is 0 Å². The lowest BCUT2D eigenvalue weighted by molar-refractivity contribution is -0.719. The zero-order chi connectivity index (χ0) is 12.1. The van der Waals surface area contributed by atoms with Crippen molar-refractivity contribution in [1.29, 1.82) is 0 Å². The molecule has 0 aliphatic carbocycles. The summed E-state index contributed by atoms with van der Waals surface area (Å²) in [6, 6.07) is 9.54. The molecule has 0 fully saturated rings. The van der Waals surface area contributed by atoms with Gasteiger partial charge in [-0.3, -0.25) is 4.98 Å². The highest BCUT2D eigenvalue weighted by atomic mass is 79.9. The van der Waals surface area contributed by atoms with Gasteiger partial charge in [0.1, 0.15) is 12.4 Å². The molecule has 1 N–H and O–H groups in total. The Balaban J connectivity index is 0.00000162. The number of imidazole rings is 1. The van der Waals surface area contributed by atoms with E-state index in [1.165, 1.54) is 17.5 Å². The molecule has 3 heteroatoms. The molecule has 1 unspecified atom stereocenters. The van der Waals surface area contributed by atoms with E-state index in [0.29, 0.717) is 6.04 Å². The number of aromatic nitrogens is 2. The first-order valence-corrected chi connectivity index (χ1v) is 6.41. The van der Waals surface area contributed by atoms with Crippen molar-refractivity contribution in [1.82, 2.24) is 4.98 Å². The molecule has 0 radical (unpaired) electrons. The molecular formula is C15H21BrN2. The Hall–Kier alpha value is -1.09. The molecule has 2 rings (SSSR count). The summed E-state index contributed by atoms with van der Waals surface area (Å²) in [5.41, 5.74) is 2.85. The normalized spacial score (nSPS) is 11.9. The minimum absolute atomic E-state index is 0. The van der Waals surface area contributed by atoms with Gasteiger partial charge in [-0.2, -0.15) is 0 Å². The molecule has 0 aliphatic heterocycles. The molecule has 1 atom stereocenters. The monoisotopic (exact) mass is 308 g/mol. The van der Waals surface area contributed by atoms with Gasteiger partial charge < -0.3 is 17.0 Å². The van der Waals surface area contributed by atoms with Gasteiger partial charge in [-0.1, -0.05) is 31.2 Å². The van der Waals surface area contributed by atoms with E-state index in [0.717, 1.165) is 12.8 Å². The van der Waals surface area contributed by atoms with Gasteiger partial charge >= 0.3 is 0 Å². The smallest absolute Gasteiger partial charge is 0.241 e. The Morgan fingerprint density at radius 2 is 1.83 bits per heavy atom. The van der Waals surface area contributed by atoms with Gasteiger partial charge in [0.15, 0.2) is 0 Å². The molecule has 0 saturated carbocycles. The van der Waals surface area contributed by atoms with Crippen molar-refractivity contribution in [2.75, 3.05) is 0 Å². The molecule has 1 aromatic carbocycles. The zero-order valence-electron chi connectivity index (χ0n) is 11.1. The quantitative estimate of drug-likeness (QED) is 0.754. The molecule has 0 bridgehead atoms. The molecule has 0 aliphatic rings. The molecule has 0 amide bonds. The molecule has 2 aromatic rings. The third-order valence-electron chi connectivity index (χ3n) is 3.36. The Morgan fingerprint density at radius 3 is 2.39 bits per heavy atom. The number of H-pyrrole nitrogens is 1. The third-order valence-corrected chi connectivity index (χ3v) is 3.36. The summed E-state index contributed by atoms with van der Waals surface area (Å²) < 4.78 is 2.22. The summed E-state index contributed by atoms with van der Waals surface area (Å²) >= 11 is 0. The van der Waals surface area contributed by atoms with Gasteiger partial charge in [0.05, 0.1) is 6.04 Å². The molecule has 18 heavy (non-hydrogen) atoms. The maximum Gasteiger partial charge on any atom is 0.241 e. The van der Waals surface area contributed by atoms with Crippen molar-refractivity contribution in [3.63, 3.8) is 0 Å². The molecule has 1 heterocycles. The summed E-state index contributed by atoms with van der Waals surface area (Å²) in [4.78, 5) is 3.09. The van der Waals surface area contributed by atoms with E-state index in [2.05, 4.69) is 53.9 Å². The number of nitrogens with one attached hydrogen (secondary N) is 1. The minimum atomic E-state index is 0. The van der Waals surface area contributed by atoms with Crippen LogP contribution in [0.2, 0.25) is 0 Å². The fraction of sp³-hybridized carbons (Fsp3) is 0.400. The molecule has 98 valence electrons. The first-order chi connectivity index (χ1) is 8.29. The van der Waals surface area contributed by atoms with Crippen LogP contribution in [-0.2, 0) is 12.8 Å². The van der Waals surface area contributed by atoms with Crippen molar-refractivity contribution in [2.24, 2.45) is 0 Å². The lowest BCUT2D eigenvalue weighted by Gasteiger charge is -2.08. The van der Waals surface area contributed by atoms with E-state index >= 15 is 0 Å². The van der Waals surface area contributed by atoms with Gasteiger partial charge in [-0.25, -0.2) is 4.57 Å². The first-order valence-electron chi connectivity index (χ1n) is 6.41. The highest BCUT2D eigenvalue weighted by Gasteiger charge is 2.08. The van der Waals surface area contributed by atoms with Gasteiger partial charge in [-0.05, 0) is 37.3 Å². The number of aryl methyl sites for hydroxylation is 2. The average molecular weight is 309 g/mol. The Labute approximate surface area is 120 Å². The fourth-order valence-corrected chi connectivity index (χ4v) is 2.04. The molecular weight excluding hydrogens is 288 g/mol. The molecule has 1 aromatic heterocycles. The summed E-state index contributed by atoms with van der Waals surface area (Å²) in [6.07, 6.45) is 9.51. The number of hydrogen-bond donors (Lipinski definition) is 1. The van der Waals surface area contributed by atoms with Crippen LogP contribution in [0.25, 0.3) is 0 Å². The van der Waals surface area contributed by atoms with Crippen LogP contribution in [0.5, 0.6) is 0 Å². The first kappa shape index (κ1) is 15.0. The fourth-order valence-electron chi connectivity index (χ4n) is 2.04. The molecule has 2 nitrogen and oxygen atoms in total. The topological polar surface area (TPSA) is 19.7 Å². The Kier molecular flexibility index (Phi) is 6.13. The highest BCUT2D eigenvalue weighted by molar-refractivity contribution is 5.22. The second-order valence-corrected chi connectivity index (χ2v) is 4.62. The maximum absolute atomic E-state index is 3.09. The second-order valence-electron chi connectivity index (χ2n) is 4.62. The van der Waals surface area contributed by atoms with Gasteiger partial charge in [0.2, 0.25) is 6.33 Å². The average Bonchev–Trinajstić information content (AvgIpc) is 2.90. The Morgan fingerprint density at radius 1 is 1.17 bits per heavy atom. The Bertz CT molecular complexity index is 434. The predicted octanol–water partition coefficient (Wildman–Crippen LogP) is 0.0624. The highest BCUT2D eigenvalue weighted by Crippen LogP contribution is 2.11. The minimum Gasteiger partial charge on any atom is -1.00 e. The van der Waals surface area contributed by atoms with E-state index < -0.39 is 0 Å². The van der Waals surface area contributed by atoms with Crippen LogP contribution in [0, 0.1) is 0 Å². The van der Waals surface area contributed by atoms with Crippen molar-refractivity contribution < 1.29 is 21.5 Å². The summed E-state index contributed by atoms with van der Waals surface area (Å²) in [5, 5.41) is 0. The summed E-state index contributed by atoms with van der Waals surface area (Å²) in [6.45, 7) is 4.45. The largest absolute Gasteiger partial charge is 1.00 e. The van der Waals surface area contributed by atoms with Crippen LogP contribution >= 0.6 is 0 Å². The SMILES string of the molecule is CCc1ccc(CCC(C)[n+]2cc[nH]c2)cc1.[Br-]. The third kappa shape index (κ3) is 3.98. The lowest BCUT2D eigenvalue weighted by Crippen LogP contribution is -3.00. The molecule has 0 saturated heterocycles. The lowest BCUT2D eigenvalue weighted by atomic mass is 10.0. The predicted molar refractivity (Wildman–Crippen MR) is 69.8 cm³/mol.